The lowest BCUT2D eigenvalue weighted by molar-refractivity contribution is -0.137. The van der Waals surface area contributed by atoms with Crippen molar-refractivity contribution in [2.45, 2.75) is 19.4 Å². The molecule has 0 aromatic heterocycles. The van der Waals surface area contributed by atoms with E-state index in [1.807, 2.05) is 30.3 Å². The molecule has 2 aromatic carbocycles. The monoisotopic (exact) mass is 273 g/mol. The summed E-state index contributed by atoms with van der Waals surface area (Å²) in [4.78, 5) is 11.3. The summed E-state index contributed by atoms with van der Waals surface area (Å²) in [6.07, 6.45) is 0.339. The Bertz CT molecular complexity index is 578. The number of anilines is 1. The van der Waals surface area contributed by atoms with Crippen LogP contribution in [0.15, 0.2) is 48.5 Å². The molecule has 20 heavy (non-hydrogen) atoms. The lowest BCUT2D eigenvalue weighted by atomic mass is 10.1. The Balaban J connectivity index is 2.15. The Hall–Kier alpha value is -2.36. The molecule has 1 unspecified atom stereocenters. The van der Waals surface area contributed by atoms with Crippen LogP contribution < -0.4 is 5.32 Å². The highest BCUT2D eigenvalue weighted by atomic mass is 19.1. The fraction of sp³-hybridized carbons (Fsp3) is 0.188. The molecule has 4 heteroatoms. The maximum absolute atomic E-state index is 13.3. The Labute approximate surface area is 117 Å². The third-order valence-corrected chi connectivity index (χ3v) is 2.96. The van der Waals surface area contributed by atoms with Crippen LogP contribution >= 0.6 is 0 Å². The summed E-state index contributed by atoms with van der Waals surface area (Å²) in [6, 6.07) is 13.0. The molecule has 3 nitrogen and oxygen atoms in total. The van der Waals surface area contributed by atoms with Crippen molar-refractivity contribution in [3.63, 3.8) is 0 Å². The topological polar surface area (TPSA) is 49.3 Å². The molecule has 0 bridgehead atoms. The molecule has 0 aliphatic rings. The molecule has 0 amide bonds. The lowest BCUT2D eigenvalue weighted by Gasteiger charge is -2.16. The molecule has 2 aromatic rings. The standard InChI is InChI=1S/C16H16FNO2/c1-11-7-13(17)10-14(8-11)18-15(16(19)20)9-12-5-3-2-4-6-12/h2-8,10,15,18H,9H2,1H3,(H,19,20). The number of aryl methyl sites for hydroxylation is 1. The van der Waals surface area contributed by atoms with Gasteiger partial charge in [0.15, 0.2) is 0 Å². The molecule has 0 fully saturated rings. The fourth-order valence-electron chi connectivity index (χ4n) is 2.07. The largest absolute Gasteiger partial charge is 0.480 e. The zero-order valence-electron chi connectivity index (χ0n) is 11.1. The molecule has 0 aliphatic carbocycles. The third kappa shape index (κ3) is 3.82. The van der Waals surface area contributed by atoms with Crippen molar-refractivity contribution in [3.8, 4) is 0 Å². The van der Waals surface area contributed by atoms with E-state index < -0.39 is 12.0 Å². The molecule has 104 valence electrons. The van der Waals surface area contributed by atoms with E-state index in [-0.39, 0.29) is 5.82 Å². The molecular formula is C16H16FNO2. The summed E-state index contributed by atoms with van der Waals surface area (Å²) in [5, 5.41) is 12.1. The average Bonchev–Trinajstić information content (AvgIpc) is 2.38. The Morgan fingerprint density at radius 2 is 1.95 bits per heavy atom. The second-order valence-electron chi connectivity index (χ2n) is 4.74. The number of nitrogens with one attached hydrogen (secondary N) is 1. The molecule has 1 atom stereocenters. The van der Waals surface area contributed by atoms with E-state index in [1.165, 1.54) is 12.1 Å². The van der Waals surface area contributed by atoms with E-state index >= 15 is 0 Å². The highest BCUT2D eigenvalue weighted by Crippen LogP contribution is 2.16. The van der Waals surface area contributed by atoms with Crippen LogP contribution in [0.2, 0.25) is 0 Å². The maximum Gasteiger partial charge on any atom is 0.326 e. The third-order valence-electron chi connectivity index (χ3n) is 2.96. The number of carboxylic acid groups (broad SMARTS) is 1. The first-order valence-electron chi connectivity index (χ1n) is 6.35. The van der Waals surface area contributed by atoms with Gasteiger partial charge in [-0.05, 0) is 36.2 Å². The van der Waals surface area contributed by atoms with Gasteiger partial charge in [-0.3, -0.25) is 0 Å². The Morgan fingerprint density at radius 1 is 1.25 bits per heavy atom. The summed E-state index contributed by atoms with van der Waals surface area (Å²) in [7, 11) is 0. The highest BCUT2D eigenvalue weighted by molar-refractivity contribution is 5.77. The van der Waals surface area contributed by atoms with Crippen LogP contribution in [0.4, 0.5) is 10.1 Å². The normalized spacial score (nSPS) is 11.9. The van der Waals surface area contributed by atoms with E-state index in [4.69, 9.17) is 0 Å². The SMILES string of the molecule is Cc1cc(F)cc(NC(Cc2ccccc2)C(=O)O)c1. The minimum atomic E-state index is -0.962. The molecule has 0 radical (unpaired) electrons. The molecule has 0 spiro atoms. The quantitative estimate of drug-likeness (QED) is 0.879. The fourth-order valence-corrected chi connectivity index (χ4v) is 2.07. The van der Waals surface area contributed by atoms with E-state index in [2.05, 4.69) is 5.32 Å². The number of halogens is 1. The molecule has 2 N–H and O–H groups in total. The number of aliphatic carboxylic acids is 1. The van der Waals surface area contributed by atoms with Crippen molar-refractivity contribution in [2.75, 3.05) is 5.32 Å². The zero-order valence-corrected chi connectivity index (χ0v) is 11.1. The van der Waals surface area contributed by atoms with Gasteiger partial charge in [0.2, 0.25) is 0 Å². The number of carbonyl (C=O) groups is 1. The molecule has 0 heterocycles. The van der Waals surface area contributed by atoms with Crippen LogP contribution in [0.5, 0.6) is 0 Å². The van der Waals surface area contributed by atoms with Gasteiger partial charge in [0.25, 0.3) is 0 Å². The van der Waals surface area contributed by atoms with Gasteiger partial charge in [-0.2, -0.15) is 0 Å². The average molecular weight is 273 g/mol. The molecule has 2 rings (SSSR count). The number of hydrogen-bond acceptors (Lipinski definition) is 2. The van der Waals surface area contributed by atoms with Crippen LogP contribution in [0.1, 0.15) is 11.1 Å². The number of carboxylic acids is 1. The van der Waals surface area contributed by atoms with Crippen molar-refractivity contribution in [2.24, 2.45) is 0 Å². The highest BCUT2D eigenvalue weighted by Gasteiger charge is 2.18. The first-order valence-corrected chi connectivity index (χ1v) is 6.35. The van der Waals surface area contributed by atoms with Crippen molar-refractivity contribution in [3.05, 3.63) is 65.5 Å². The van der Waals surface area contributed by atoms with Gasteiger partial charge < -0.3 is 10.4 Å². The van der Waals surface area contributed by atoms with Crippen LogP contribution in [0, 0.1) is 12.7 Å². The number of rotatable bonds is 5. The van der Waals surface area contributed by atoms with E-state index in [0.717, 1.165) is 11.1 Å². The minimum absolute atomic E-state index is 0.339. The minimum Gasteiger partial charge on any atom is -0.480 e. The Kier molecular flexibility index (Phi) is 4.35. The van der Waals surface area contributed by atoms with Crippen LogP contribution in [-0.4, -0.2) is 17.1 Å². The van der Waals surface area contributed by atoms with E-state index in [0.29, 0.717) is 12.1 Å². The lowest BCUT2D eigenvalue weighted by Crippen LogP contribution is -2.31. The maximum atomic E-state index is 13.3. The summed E-state index contributed by atoms with van der Waals surface area (Å²) in [5.41, 5.74) is 2.14. The van der Waals surface area contributed by atoms with Crippen molar-refractivity contribution >= 4 is 11.7 Å². The zero-order chi connectivity index (χ0) is 14.5. The summed E-state index contributed by atoms with van der Waals surface area (Å²) < 4.78 is 13.3. The van der Waals surface area contributed by atoms with Crippen molar-refractivity contribution < 1.29 is 14.3 Å². The number of benzene rings is 2. The van der Waals surface area contributed by atoms with Gasteiger partial charge in [-0.15, -0.1) is 0 Å². The second kappa shape index (κ2) is 6.19. The van der Waals surface area contributed by atoms with Crippen LogP contribution in [0.3, 0.4) is 0 Å². The first kappa shape index (κ1) is 14.1. The smallest absolute Gasteiger partial charge is 0.326 e. The van der Waals surface area contributed by atoms with Crippen LogP contribution in [0.25, 0.3) is 0 Å². The van der Waals surface area contributed by atoms with Gasteiger partial charge in [-0.1, -0.05) is 30.3 Å². The van der Waals surface area contributed by atoms with Gasteiger partial charge in [0.05, 0.1) is 0 Å². The van der Waals surface area contributed by atoms with Gasteiger partial charge in [0.1, 0.15) is 11.9 Å². The molecular weight excluding hydrogens is 257 g/mol. The van der Waals surface area contributed by atoms with Gasteiger partial charge in [0, 0.05) is 12.1 Å². The molecule has 0 saturated heterocycles. The number of hydrogen-bond donors (Lipinski definition) is 2. The first-order chi connectivity index (χ1) is 9.54. The molecule has 0 saturated carbocycles. The van der Waals surface area contributed by atoms with E-state index in [1.54, 1.807) is 13.0 Å². The summed E-state index contributed by atoms with van der Waals surface area (Å²) >= 11 is 0. The predicted octanol–water partition coefficient (Wildman–Crippen LogP) is 3.24. The van der Waals surface area contributed by atoms with Crippen molar-refractivity contribution in [1.82, 2.24) is 0 Å². The van der Waals surface area contributed by atoms with Crippen molar-refractivity contribution in [1.29, 1.82) is 0 Å². The molecule has 0 aliphatic heterocycles. The van der Waals surface area contributed by atoms with Gasteiger partial charge >= 0.3 is 5.97 Å². The summed E-state index contributed by atoms with van der Waals surface area (Å²) in [5.74, 6) is -1.34. The van der Waals surface area contributed by atoms with Crippen LogP contribution in [-0.2, 0) is 11.2 Å². The van der Waals surface area contributed by atoms with Gasteiger partial charge in [-0.25, -0.2) is 9.18 Å². The van der Waals surface area contributed by atoms with E-state index in [9.17, 15) is 14.3 Å². The second-order valence-corrected chi connectivity index (χ2v) is 4.74. The predicted molar refractivity (Wildman–Crippen MR) is 76.3 cm³/mol. The summed E-state index contributed by atoms with van der Waals surface area (Å²) in [6.45, 7) is 1.77. The Morgan fingerprint density at radius 3 is 2.55 bits per heavy atom.